The van der Waals surface area contributed by atoms with E-state index in [2.05, 4.69) is 52.4 Å². The molecule has 23 heavy (non-hydrogen) atoms. The van der Waals surface area contributed by atoms with E-state index in [4.69, 9.17) is 11.6 Å². The highest BCUT2D eigenvalue weighted by atomic mass is 35.5. The molecule has 2 atom stereocenters. The molecule has 3 heterocycles. The van der Waals surface area contributed by atoms with E-state index in [9.17, 15) is 0 Å². The van der Waals surface area contributed by atoms with Crippen molar-refractivity contribution in [3.05, 3.63) is 71.0 Å². The first-order chi connectivity index (χ1) is 11.3. The highest BCUT2D eigenvalue weighted by Crippen LogP contribution is 2.39. The minimum absolute atomic E-state index is 0.522. The summed E-state index contributed by atoms with van der Waals surface area (Å²) in [6.07, 6.45) is 9.11. The second kappa shape index (κ2) is 6.46. The molecule has 118 valence electrons. The Morgan fingerprint density at radius 1 is 1.09 bits per heavy atom. The van der Waals surface area contributed by atoms with Gasteiger partial charge < -0.3 is 0 Å². The van der Waals surface area contributed by atoms with E-state index >= 15 is 0 Å². The molecule has 1 aromatic heterocycles. The van der Waals surface area contributed by atoms with Crippen LogP contribution in [0, 0.1) is 0 Å². The van der Waals surface area contributed by atoms with Gasteiger partial charge in [-0.25, -0.2) is 4.98 Å². The smallest absolute Gasteiger partial charge is 0.136 e. The summed E-state index contributed by atoms with van der Waals surface area (Å²) in [6, 6.07) is 16.0. The average molecular weight is 325 g/mol. The lowest BCUT2D eigenvalue weighted by Gasteiger charge is -2.45. The first-order valence-electron chi connectivity index (χ1n) is 8.42. The maximum absolute atomic E-state index is 6.31. The highest BCUT2D eigenvalue weighted by Gasteiger charge is 2.34. The molecule has 2 aliphatic rings. The number of nitrogens with zero attached hydrogens (tertiary/aromatic N) is 2. The summed E-state index contributed by atoms with van der Waals surface area (Å²) in [7, 11) is 0. The lowest BCUT2D eigenvalue weighted by molar-refractivity contribution is 0.0951. The van der Waals surface area contributed by atoms with Gasteiger partial charge in [0.15, 0.2) is 0 Å². The number of halogens is 1. The van der Waals surface area contributed by atoms with Crippen LogP contribution in [0.15, 0.2) is 54.7 Å². The van der Waals surface area contributed by atoms with Crippen LogP contribution in [0.1, 0.15) is 36.8 Å². The van der Waals surface area contributed by atoms with Gasteiger partial charge in [-0.05, 0) is 36.5 Å². The van der Waals surface area contributed by atoms with Gasteiger partial charge >= 0.3 is 0 Å². The molecule has 4 rings (SSSR count). The van der Waals surface area contributed by atoms with Crippen LogP contribution < -0.4 is 0 Å². The molecule has 0 saturated carbocycles. The molecule has 0 spiro atoms. The molecule has 2 bridgehead atoms. The van der Waals surface area contributed by atoms with Crippen LogP contribution in [-0.4, -0.2) is 22.0 Å². The minimum atomic E-state index is 0.522. The van der Waals surface area contributed by atoms with Crippen molar-refractivity contribution in [3.63, 3.8) is 0 Å². The van der Waals surface area contributed by atoms with Gasteiger partial charge in [-0.3, -0.25) is 4.90 Å². The Bertz CT molecular complexity index is 711. The Labute approximate surface area is 142 Å². The van der Waals surface area contributed by atoms with E-state index in [-0.39, 0.29) is 0 Å². The summed E-state index contributed by atoms with van der Waals surface area (Å²) < 4.78 is 0. The molecule has 1 aromatic carbocycles. The van der Waals surface area contributed by atoms with E-state index in [0.29, 0.717) is 17.2 Å². The van der Waals surface area contributed by atoms with Crippen LogP contribution in [0.25, 0.3) is 5.57 Å². The Morgan fingerprint density at radius 2 is 1.96 bits per heavy atom. The lowest BCUT2D eigenvalue weighted by Crippen LogP contribution is -2.47. The third-order valence-corrected chi connectivity index (χ3v) is 5.40. The molecule has 0 radical (unpaired) electrons. The van der Waals surface area contributed by atoms with Gasteiger partial charge in [-0.1, -0.05) is 60.5 Å². The fourth-order valence-electron chi connectivity index (χ4n) is 3.98. The fraction of sp³-hybridized carbons (Fsp3) is 0.350. The number of pyridine rings is 1. The molecule has 2 nitrogen and oxygen atoms in total. The van der Waals surface area contributed by atoms with Crippen LogP contribution in [0.4, 0.5) is 0 Å². The van der Waals surface area contributed by atoms with Crippen molar-refractivity contribution in [3.8, 4) is 0 Å². The highest BCUT2D eigenvalue weighted by molar-refractivity contribution is 6.31. The fourth-order valence-corrected chi connectivity index (χ4v) is 4.22. The van der Waals surface area contributed by atoms with Crippen molar-refractivity contribution in [1.29, 1.82) is 0 Å². The number of hydrogen-bond acceptors (Lipinski definition) is 2. The summed E-state index contributed by atoms with van der Waals surface area (Å²) >= 11 is 6.31. The Morgan fingerprint density at radius 3 is 2.74 bits per heavy atom. The van der Waals surface area contributed by atoms with E-state index < -0.39 is 0 Å². The molecule has 3 heteroatoms. The van der Waals surface area contributed by atoms with Crippen molar-refractivity contribution >= 4 is 17.2 Å². The number of fused-ring (bicyclic) bond motifs is 2. The molecular formula is C20H21ClN2. The van der Waals surface area contributed by atoms with Crippen molar-refractivity contribution in [1.82, 2.24) is 9.88 Å². The molecule has 2 aromatic rings. The summed E-state index contributed by atoms with van der Waals surface area (Å²) in [5.74, 6) is 0. The summed E-state index contributed by atoms with van der Waals surface area (Å²) in [5.41, 5.74) is 3.90. The SMILES string of the molecule is Clc1ncccc1C1=CC2CCCC(C1)N2Cc1ccccc1. The van der Waals surface area contributed by atoms with Gasteiger partial charge in [-0.15, -0.1) is 0 Å². The van der Waals surface area contributed by atoms with Gasteiger partial charge in [0, 0.05) is 30.4 Å². The van der Waals surface area contributed by atoms with E-state index in [1.807, 2.05) is 6.07 Å². The first-order valence-corrected chi connectivity index (χ1v) is 8.80. The zero-order chi connectivity index (χ0) is 15.6. The van der Waals surface area contributed by atoms with E-state index in [1.54, 1.807) is 6.20 Å². The maximum atomic E-state index is 6.31. The van der Waals surface area contributed by atoms with Crippen LogP contribution >= 0.6 is 11.6 Å². The number of rotatable bonds is 3. The standard InChI is InChI=1S/C20H21ClN2/c21-20-19(10-5-11-22-20)16-12-17-8-4-9-18(13-16)23(17)14-15-6-2-1-3-7-15/h1-3,5-7,10-12,17-18H,4,8-9,13-14H2. The van der Waals surface area contributed by atoms with Gasteiger partial charge in [0.25, 0.3) is 0 Å². The summed E-state index contributed by atoms with van der Waals surface area (Å²) in [4.78, 5) is 6.92. The monoisotopic (exact) mass is 324 g/mol. The summed E-state index contributed by atoms with van der Waals surface area (Å²) in [6.45, 7) is 1.04. The number of piperidine rings is 1. The van der Waals surface area contributed by atoms with E-state index in [1.165, 1.54) is 30.4 Å². The van der Waals surface area contributed by atoms with Gasteiger partial charge in [-0.2, -0.15) is 0 Å². The maximum Gasteiger partial charge on any atom is 0.136 e. The molecule has 2 aliphatic heterocycles. The quantitative estimate of drug-likeness (QED) is 0.743. The predicted octanol–water partition coefficient (Wildman–Crippen LogP) is 4.95. The van der Waals surface area contributed by atoms with Gasteiger partial charge in [0.05, 0.1) is 0 Å². The van der Waals surface area contributed by atoms with Crippen LogP contribution in [0.5, 0.6) is 0 Å². The zero-order valence-electron chi connectivity index (χ0n) is 13.2. The largest absolute Gasteiger partial charge is 0.289 e. The second-order valence-corrected chi connectivity index (χ2v) is 6.91. The molecule has 1 saturated heterocycles. The Kier molecular flexibility index (Phi) is 4.19. The molecule has 0 N–H and O–H groups in total. The molecular weight excluding hydrogens is 304 g/mol. The van der Waals surface area contributed by atoms with Crippen LogP contribution in [0.2, 0.25) is 5.15 Å². The molecule has 0 aliphatic carbocycles. The Hall–Kier alpha value is -1.64. The van der Waals surface area contributed by atoms with E-state index in [0.717, 1.165) is 18.5 Å². The normalized spacial score (nSPS) is 24.3. The van der Waals surface area contributed by atoms with Crippen molar-refractivity contribution in [2.24, 2.45) is 0 Å². The van der Waals surface area contributed by atoms with Crippen molar-refractivity contribution in [2.45, 2.75) is 44.3 Å². The van der Waals surface area contributed by atoms with Crippen molar-refractivity contribution < 1.29 is 0 Å². The van der Waals surface area contributed by atoms with Crippen LogP contribution in [-0.2, 0) is 6.54 Å². The minimum Gasteiger partial charge on any atom is -0.289 e. The topological polar surface area (TPSA) is 16.1 Å². The third kappa shape index (κ3) is 3.06. The lowest BCUT2D eigenvalue weighted by atomic mass is 9.83. The van der Waals surface area contributed by atoms with Gasteiger partial charge in [0.2, 0.25) is 0 Å². The average Bonchev–Trinajstić information content (AvgIpc) is 2.56. The zero-order valence-corrected chi connectivity index (χ0v) is 13.9. The van der Waals surface area contributed by atoms with Crippen LogP contribution in [0.3, 0.4) is 0 Å². The van der Waals surface area contributed by atoms with Crippen molar-refractivity contribution in [2.75, 3.05) is 0 Å². The number of aromatic nitrogens is 1. The third-order valence-electron chi connectivity index (χ3n) is 5.09. The molecule has 0 amide bonds. The predicted molar refractivity (Wildman–Crippen MR) is 95.3 cm³/mol. The number of hydrogen-bond donors (Lipinski definition) is 0. The Balaban J connectivity index is 1.62. The molecule has 1 fully saturated rings. The first kappa shape index (κ1) is 14.9. The number of benzene rings is 1. The second-order valence-electron chi connectivity index (χ2n) is 6.55. The summed E-state index contributed by atoms with van der Waals surface area (Å²) in [5, 5.41) is 0.633. The molecule has 2 unspecified atom stereocenters. The van der Waals surface area contributed by atoms with Gasteiger partial charge in [0.1, 0.15) is 5.15 Å².